The largest absolute Gasteiger partial charge is 0.417 e. The molecule has 1 N–H and O–H groups in total. The Morgan fingerprint density at radius 2 is 1.86 bits per heavy atom. The van der Waals surface area contributed by atoms with E-state index in [4.69, 9.17) is 11.6 Å². The third kappa shape index (κ3) is 4.04. The third-order valence-corrected chi connectivity index (χ3v) is 4.62. The van der Waals surface area contributed by atoms with E-state index >= 15 is 0 Å². The minimum Gasteiger partial charge on any atom is -0.338 e. The van der Waals surface area contributed by atoms with Crippen molar-refractivity contribution in [3.8, 4) is 0 Å². The van der Waals surface area contributed by atoms with E-state index in [0.29, 0.717) is 10.9 Å². The second-order valence-corrected chi connectivity index (χ2v) is 6.93. The van der Waals surface area contributed by atoms with Gasteiger partial charge in [0.15, 0.2) is 5.43 Å². The summed E-state index contributed by atoms with van der Waals surface area (Å²) in [4.78, 5) is 24.6. The normalized spacial score (nSPS) is 11.6. The highest BCUT2D eigenvalue weighted by molar-refractivity contribution is 6.31. The van der Waals surface area contributed by atoms with Crippen LogP contribution in [0.4, 0.5) is 18.9 Å². The van der Waals surface area contributed by atoms with Crippen LogP contribution in [0.15, 0.2) is 47.4 Å². The average molecular weight is 409 g/mol. The van der Waals surface area contributed by atoms with Crippen LogP contribution in [-0.2, 0) is 17.5 Å². The van der Waals surface area contributed by atoms with E-state index in [2.05, 4.69) is 5.32 Å². The fourth-order valence-corrected chi connectivity index (χ4v) is 3.35. The smallest absolute Gasteiger partial charge is 0.338 e. The molecule has 8 heteroatoms. The van der Waals surface area contributed by atoms with Gasteiger partial charge in [-0.2, -0.15) is 13.2 Å². The molecule has 0 aliphatic rings. The Balaban J connectivity index is 1.91. The number of carbonyl (C=O) groups excluding carboxylic acids is 1. The zero-order valence-corrected chi connectivity index (χ0v) is 15.8. The maximum atomic E-state index is 13.0. The third-order valence-electron chi connectivity index (χ3n) is 4.29. The Morgan fingerprint density at radius 1 is 1.14 bits per heavy atom. The van der Waals surface area contributed by atoms with Crippen LogP contribution in [0.1, 0.15) is 16.7 Å². The first-order chi connectivity index (χ1) is 13.1. The summed E-state index contributed by atoms with van der Waals surface area (Å²) in [5.41, 5.74) is 1.12. The molecular formula is C20H16ClF3N2O2. The van der Waals surface area contributed by atoms with Gasteiger partial charge in [-0.1, -0.05) is 17.7 Å². The fourth-order valence-electron chi connectivity index (χ4n) is 3.13. The number of hydrogen-bond acceptors (Lipinski definition) is 2. The molecule has 0 bridgehead atoms. The molecular weight excluding hydrogens is 393 g/mol. The van der Waals surface area contributed by atoms with Crippen molar-refractivity contribution in [2.75, 3.05) is 5.32 Å². The topological polar surface area (TPSA) is 51.1 Å². The highest BCUT2D eigenvalue weighted by Crippen LogP contribution is 2.36. The van der Waals surface area contributed by atoms with Crippen LogP contribution in [-0.4, -0.2) is 10.5 Å². The number of hydrogen-bond donors (Lipinski definition) is 1. The van der Waals surface area contributed by atoms with Gasteiger partial charge in [-0.15, -0.1) is 0 Å². The number of alkyl halides is 3. The fraction of sp³-hybridized carbons (Fsp3) is 0.200. The van der Waals surface area contributed by atoms with Crippen molar-refractivity contribution in [1.82, 2.24) is 4.57 Å². The Labute approximate surface area is 163 Å². The number of nitrogens with zero attached hydrogens (tertiary/aromatic N) is 1. The van der Waals surface area contributed by atoms with Crippen LogP contribution < -0.4 is 10.7 Å². The van der Waals surface area contributed by atoms with Crippen molar-refractivity contribution in [2.24, 2.45) is 0 Å². The van der Waals surface area contributed by atoms with Gasteiger partial charge in [0, 0.05) is 23.3 Å². The standard InChI is InChI=1S/C20H16ClF3N2O2/c1-11-7-12(2)19-16(8-11)26(6-5-17(19)27)10-18(28)25-13-3-4-15(21)14(9-13)20(22,23)24/h3-9H,10H2,1-2H3,(H,25,28). The van der Waals surface area contributed by atoms with Crippen LogP contribution in [0, 0.1) is 13.8 Å². The summed E-state index contributed by atoms with van der Waals surface area (Å²) in [6.07, 6.45) is -3.13. The van der Waals surface area contributed by atoms with Gasteiger partial charge in [0.1, 0.15) is 6.54 Å². The first kappa shape index (κ1) is 19.9. The van der Waals surface area contributed by atoms with Gasteiger partial charge < -0.3 is 9.88 Å². The molecule has 4 nitrogen and oxygen atoms in total. The number of halogens is 4. The number of rotatable bonds is 3. The van der Waals surface area contributed by atoms with Crippen LogP contribution in [0.3, 0.4) is 0 Å². The van der Waals surface area contributed by atoms with Crippen molar-refractivity contribution in [2.45, 2.75) is 26.6 Å². The molecule has 0 saturated heterocycles. The highest BCUT2D eigenvalue weighted by atomic mass is 35.5. The minimum atomic E-state index is -4.62. The molecule has 0 saturated carbocycles. The quantitative estimate of drug-likeness (QED) is 0.668. The Hall–Kier alpha value is -2.80. The molecule has 1 aromatic heterocycles. The van der Waals surface area contributed by atoms with E-state index in [1.807, 2.05) is 19.9 Å². The van der Waals surface area contributed by atoms with E-state index in [0.717, 1.165) is 23.3 Å². The molecule has 0 unspecified atom stereocenters. The van der Waals surface area contributed by atoms with Crippen LogP contribution in [0.5, 0.6) is 0 Å². The number of nitrogens with one attached hydrogen (secondary N) is 1. The lowest BCUT2D eigenvalue weighted by atomic mass is 10.1. The number of pyridine rings is 1. The van der Waals surface area contributed by atoms with E-state index in [1.54, 1.807) is 10.6 Å². The van der Waals surface area contributed by atoms with Gasteiger partial charge in [-0.3, -0.25) is 9.59 Å². The molecule has 0 aliphatic carbocycles. The summed E-state index contributed by atoms with van der Waals surface area (Å²) in [6, 6.07) is 8.20. The first-order valence-electron chi connectivity index (χ1n) is 8.33. The van der Waals surface area contributed by atoms with E-state index < -0.39 is 22.7 Å². The van der Waals surface area contributed by atoms with Crippen molar-refractivity contribution in [3.63, 3.8) is 0 Å². The molecule has 0 aliphatic heterocycles. The lowest BCUT2D eigenvalue weighted by Gasteiger charge is -2.14. The number of fused-ring (bicyclic) bond motifs is 1. The summed E-state index contributed by atoms with van der Waals surface area (Å²) < 4.78 is 40.5. The van der Waals surface area contributed by atoms with Crippen LogP contribution in [0.25, 0.3) is 10.9 Å². The molecule has 28 heavy (non-hydrogen) atoms. The van der Waals surface area contributed by atoms with Crippen molar-refractivity contribution < 1.29 is 18.0 Å². The molecule has 3 rings (SSSR count). The summed E-state index contributed by atoms with van der Waals surface area (Å²) in [5.74, 6) is -0.528. The monoisotopic (exact) mass is 408 g/mol. The number of aromatic nitrogens is 1. The second kappa shape index (κ2) is 7.31. The number of anilines is 1. The minimum absolute atomic E-state index is 0.0144. The Bertz CT molecular complexity index is 1140. The number of benzene rings is 2. The molecule has 3 aromatic rings. The van der Waals surface area contributed by atoms with Gasteiger partial charge >= 0.3 is 6.18 Å². The predicted molar refractivity (Wildman–Crippen MR) is 103 cm³/mol. The first-order valence-corrected chi connectivity index (χ1v) is 8.71. The van der Waals surface area contributed by atoms with Crippen molar-refractivity contribution >= 4 is 34.1 Å². The zero-order chi connectivity index (χ0) is 20.6. The molecule has 1 heterocycles. The summed E-state index contributed by atoms with van der Waals surface area (Å²) in [6.45, 7) is 3.53. The van der Waals surface area contributed by atoms with Gasteiger partial charge in [0.2, 0.25) is 5.91 Å². The van der Waals surface area contributed by atoms with Crippen molar-refractivity contribution in [3.05, 3.63) is 74.5 Å². The molecule has 1 amide bonds. The van der Waals surface area contributed by atoms with E-state index in [-0.39, 0.29) is 17.7 Å². The number of carbonyl (C=O) groups is 1. The molecule has 0 fully saturated rings. The predicted octanol–water partition coefficient (Wildman–Crippen LogP) is 4.93. The maximum absolute atomic E-state index is 13.0. The van der Waals surface area contributed by atoms with Gasteiger partial charge in [0.25, 0.3) is 0 Å². The Kier molecular flexibility index (Phi) is 5.21. The molecule has 0 radical (unpaired) electrons. The van der Waals surface area contributed by atoms with Crippen molar-refractivity contribution in [1.29, 1.82) is 0 Å². The van der Waals surface area contributed by atoms with Crippen LogP contribution in [0.2, 0.25) is 5.02 Å². The lowest BCUT2D eigenvalue weighted by Crippen LogP contribution is -2.21. The summed E-state index contributed by atoms with van der Waals surface area (Å²) >= 11 is 5.59. The maximum Gasteiger partial charge on any atom is 0.417 e. The number of aryl methyl sites for hydroxylation is 2. The molecule has 0 atom stereocenters. The van der Waals surface area contributed by atoms with Crippen LogP contribution >= 0.6 is 11.6 Å². The summed E-state index contributed by atoms with van der Waals surface area (Å²) in [7, 11) is 0. The molecule has 146 valence electrons. The lowest BCUT2D eigenvalue weighted by molar-refractivity contribution is -0.137. The van der Waals surface area contributed by atoms with E-state index in [1.165, 1.54) is 18.3 Å². The summed E-state index contributed by atoms with van der Waals surface area (Å²) in [5, 5.41) is 2.51. The SMILES string of the molecule is Cc1cc(C)c2c(=O)ccn(CC(=O)Nc3ccc(Cl)c(C(F)(F)F)c3)c2c1. The van der Waals surface area contributed by atoms with Gasteiger partial charge in [0.05, 0.1) is 16.1 Å². The highest BCUT2D eigenvalue weighted by Gasteiger charge is 2.33. The Morgan fingerprint density at radius 3 is 2.54 bits per heavy atom. The molecule has 0 spiro atoms. The average Bonchev–Trinajstić information content (AvgIpc) is 2.57. The number of amides is 1. The van der Waals surface area contributed by atoms with Gasteiger partial charge in [-0.05, 0) is 49.2 Å². The van der Waals surface area contributed by atoms with Gasteiger partial charge in [-0.25, -0.2) is 0 Å². The zero-order valence-electron chi connectivity index (χ0n) is 15.0. The second-order valence-electron chi connectivity index (χ2n) is 6.52. The molecule has 2 aromatic carbocycles. The van der Waals surface area contributed by atoms with E-state index in [9.17, 15) is 22.8 Å².